The molecule has 5 N–H and O–H groups in total. The standard InChI is InChI=1S/C33H39N3O11.ClH/c1-16-28(39)19(34-15-36-9-7-35(2)8-10-36)11-23(46-16)47-21-13-33(44,22(38)14-37)12-18-25(21)32(43)27-26(30(18)41)29(40)17-5-4-6-20(45-3)24(17)31(27)42;/h4-6,15-16,19,21,23,28,37,39,41,43-44H,7-14H2,1-3H3;1H/t16?,19-,21-,23?,28+,33?;/m0./s1. The average molecular weight is 690 g/mol. The lowest BCUT2D eigenvalue weighted by Crippen LogP contribution is -2.50. The van der Waals surface area contributed by atoms with Crippen molar-refractivity contribution in [3.63, 3.8) is 0 Å². The molecule has 48 heavy (non-hydrogen) atoms. The molecule has 2 fully saturated rings. The number of rotatable bonds is 7. The number of nitrogens with zero attached hydrogens (tertiary/aromatic N) is 3. The second-order valence-electron chi connectivity index (χ2n) is 12.7. The molecule has 0 bridgehead atoms. The van der Waals surface area contributed by atoms with Crippen molar-refractivity contribution in [1.29, 1.82) is 0 Å². The first-order valence-electron chi connectivity index (χ1n) is 15.6. The lowest BCUT2D eigenvalue weighted by Gasteiger charge is -2.42. The molecule has 15 heteroatoms. The van der Waals surface area contributed by atoms with E-state index < -0.39 is 95.7 Å². The number of carbonyl (C=O) groups is 3. The van der Waals surface area contributed by atoms with Crippen LogP contribution in [0, 0.1) is 0 Å². The van der Waals surface area contributed by atoms with Crippen molar-refractivity contribution in [3.05, 3.63) is 51.6 Å². The number of carbonyl (C=O) groups excluding carboxylic acids is 3. The van der Waals surface area contributed by atoms with Crippen molar-refractivity contribution < 1.29 is 54.1 Å². The molecule has 14 nitrogen and oxygen atoms in total. The smallest absolute Gasteiger partial charge is 0.202 e. The Morgan fingerprint density at radius 2 is 1.79 bits per heavy atom. The zero-order valence-corrected chi connectivity index (χ0v) is 27.6. The minimum absolute atomic E-state index is 0. The van der Waals surface area contributed by atoms with E-state index in [9.17, 15) is 39.9 Å². The number of methoxy groups -OCH3 is 1. The number of aliphatic hydroxyl groups is 3. The Balaban J connectivity index is 0.00000451. The van der Waals surface area contributed by atoms with E-state index in [1.807, 2.05) is 7.05 Å². The number of aliphatic hydroxyl groups excluding tert-OH is 2. The van der Waals surface area contributed by atoms with Gasteiger partial charge in [0.1, 0.15) is 35.6 Å². The number of phenolic OH excluding ortho intramolecular Hbond substituents is 2. The summed E-state index contributed by atoms with van der Waals surface area (Å²) in [5.74, 6) is -3.74. The van der Waals surface area contributed by atoms with Crippen LogP contribution in [0.1, 0.15) is 68.8 Å². The molecule has 2 saturated heterocycles. The summed E-state index contributed by atoms with van der Waals surface area (Å²) in [6.07, 6.45) is -3.40. The van der Waals surface area contributed by atoms with Crippen LogP contribution < -0.4 is 4.74 Å². The fraction of sp³-hybridized carbons (Fsp3) is 0.515. The molecule has 2 aromatic carbocycles. The summed E-state index contributed by atoms with van der Waals surface area (Å²) >= 11 is 0. The van der Waals surface area contributed by atoms with E-state index in [0.29, 0.717) is 0 Å². The summed E-state index contributed by atoms with van der Waals surface area (Å²) in [6, 6.07) is 3.76. The minimum atomic E-state index is -2.26. The molecule has 2 heterocycles. The van der Waals surface area contributed by atoms with Gasteiger partial charge in [0.15, 0.2) is 17.9 Å². The number of Topliss-reactive ketones (excluding diaryl/α,β-unsaturated/α-hetero) is 1. The van der Waals surface area contributed by atoms with Gasteiger partial charge in [-0.15, -0.1) is 12.4 Å². The minimum Gasteiger partial charge on any atom is -0.507 e. The van der Waals surface area contributed by atoms with Crippen molar-refractivity contribution >= 4 is 36.1 Å². The number of aliphatic imine (C=N–C) groups is 1. The van der Waals surface area contributed by atoms with Gasteiger partial charge >= 0.3 is 0 Å². The zero-order chi connectivity index (χ0) is 33.8. The fourth-order valence-corrected chi connectivity index (χ4v) is 6.96. The summed E-state index contributed by atoms with van der Waals surface area (Å²) in [4.78, 5) is 49.3. The van der Waals surface area contributed by atoms with Gasteiger partial charge in [-0.25, -0.2) is 0 Å². The highest BCUT2D eigenvalue weighted by Crippen LogP contribution is 2.52. The molecular formula is C33H40ClN3O11. The van der Waals surface area contributed by atoms with Crippen LogP contribution in [0.25, 0.3) is 0 Å². The number of piperazine rings is 1. The highest BCUT2D eigenvalue weighted by atomic mass is 35.5. The number of halogens is 1. The number of ketones is 3. The Morgan fingerprint density at radius 3 is 2.46 bits per heavy atom. The van der Waals surface area contributed by atoms with Crippen molar-refractivity contribution in [3.8, 4) is 17.2 Å². The van der Waals surface area contributed by atoms with Crippen LogP contribution in [0.3, 0.4) is 0 Å². The van der Waals surface area contributed by atoms with Crippen LogP contribution in [0.4, 0.5) is 0 Å². The first-order chi connectivity index (χ1) is 22.4. The van der Waals surface area contributed by atoms with Gasteiger partial charge in [-0.1, -0.05) is 12.1 Å². The molecule has 0 radical (unpaired) electrons. The number of phenols is 2. The predicted octanol–water partition coefficient (Wildman–Crippen LogP) is 0.740. The van der Waals surface area contributed by atoms with Gasteiger partial charge in [0, 0.05) is 62.1 Å². The first-order valence-corrected chi connectivity index (χ1v) is 15.6. The summed E-state index contributed by atoms with van der Waals surface area (Å²) in [5.41, 5.74) is -3.60. The normalized spacial score (nSPS) is 28.8. The molecule has 0 aromatic heterocycles. The van der Waals surface area contributed by atoms with Gasteiger partial charge in [0.2, 0.25) is 5.78 Å². The summed E-state index contributed by atoms with van der Waals surface area (Å²) < 4.78 is 17.6. The van der Waals surface area contributed by atoms with Gasteiger partial charge in [-0.2, -0.15) is 0 Å². The van der Waals surface area contributed by atoms with Crippen LogP contribution >= 0.6 is 12.4 Å². The summed E-state index contributed by atoms with van der Waals surface area (Å²) in [5, 5.41) is 55.3. The highest BCUT2D eigenvalue weighted by molar-refractivity contribution is 6.31. The Kier molecular flexibility index (Phi) is 10.2. The van der Waals surface area contributed by atoms with E-state index >= 15 is 0 Å². The number of likely N-dealkylation sites (N-methyl/N-ethyl adjacent to an activating group) is 1. The quantitative estimate of drug-likeness (QED) is 0.132. The molecule has 2 aliphatic carbocycles. The third kappa shape index (κ3) is 6.06. The number of fused-ring (bicyclic) bond motifs is 3. The number of hydrogen-bond acceptors (Lipinski definition) is 13. The zero-order valence-electron chi connectivity index (χ0n) is 26.8. The van der Waals surface area contributed by atoms with Crippen molar-refractivity contribution in [2.45, 2.75) is 62.4 Å². The molecule has 4 aliphatic rings. The molecule has 2 aliphatic heterocycles. The second-order valence-corrected chi connectivity index (χ2v) is 12.7. The van der Waals surface area contributed by atoms with Crippen LogP contribution in [-0.4, -0.2) is 136 Å². The monoisotopic (exact) mass is 689 g/mol. The van der Waals surface area contributed by atoms with E-state index in [-0.39, 0.29) is 46.8 Å². The maximum Gasteiger partial charge on any atom is 0.202 e. The molecule has 0 saturated carbocycles. The largest absolute Gasteiger partial charge is 0.507 e. The second kappa shape index (κ2) is 13.7. The van der Waals surface area contributed by atoms with Crippen molar-refractivity contribution in [2.24, 2.45) is 4.99 Å². The Morgan fingerprint density at radius 1 is 1.10 bits per heavy atom. The molecular weight excluding hydrogens is 650 g/mol. The lowest BCUT2D eigenvalue weighted by atomic mass is 9.72. The van der Waals surface area contributed by atoms with E-state index in [1.165, 1.54) is 25.3 Å². The third-order valence-corrected chi connectivity index (χ3v) is 9.69. The number of hydrogen-bond donors (Lipinski definition) is 5. The number of ether oxygens (including phenoxy) is 3. The maximum absolute atomic E-state index is 13.9. The van der Waals surface area contributed by atoms with E-state index in [1.54, 1.807) is 13.3 Å². The van der Waals surface area contributed by atoms with E-state index in [2.05, 4.69) is 14.8 Å². The van der Waals surface area contributed by atoms with Crippen LogP contribution in [0.5, 0.6) is 17.2 Å². The van der Waals surface area contributed by atoms with Gasteiger partial charge in [0.25, 0.3) is 0 Å². The summed E-state index contributed by atoms with van der Waals surface area (Å²) in [6.45, 7) is 3.91. The summed E-state index contributed by atoms with van der Waals surface area (Å²) in [7, 11) is 3.37. The van der Waals surface area contributed by atoms with Crippen LogP contribution in [-0.2, 0) is 20.7 Å². The molecule has 0 spiro atoms. The van der Waals surface area contributed by atoms with Gasteiger partial charge < -0.3 is 49.5 Å². The Bertz CT molecular complexity index is 1640. The molecule has 6 rings (SSSR count). The van der Waals surface area contributed by atoms with Crippen molar-refractivity contribution in [2.75, 3.05) is 46.9 Å². The van der Waals surface area contributed by atoms with Crippen molar-refractivity contribution in [1.82, 2.24) is 9.80 Å². The molecule has 6 atom stereocenters. The molecule has 2 aromatic rings. The first kappa shape index (κ1) is 35.7. The van der Waals surface area contributed by atoms with Gasteiger partial charge in [0.05, 0.1) is 48.4 Å². The SMILES string of the molecule is COc1cccc2c1C(=O)c1c(O)c3c(c(O)c1C2=O)CC(O)(C(=O)CO)C[C@@H]3OC1C[C@H](N=CN2CCN(C)CC2)[C@H](O)C(C)O1.Cl. The molecule has 260 valence electrons. The molecule has 0 amide bonds. The van der Waals surface area contributed by atoms with Gasteiger partial charge in [-0.3, -0.25) is 19.4 Å². The number of aromatic hydroxyl groups is 2. The number of benzene rings is 2. The third-order valence-electron chi connectivity index (χ3n) is 9.69. The van der Waals surface area contributed by atoms with E-state index in [4.69, 9.17) is 14.2 Å². The highest BCUT2D eigenvalue weighted by Gasteiger charge is 2.50. The molecule has 3 unspecified atom stereocenters. The van der Waals surface area contributed by atoms with Crippen LogP contribution in [0.15, 0.2) is 23.2 Å². The average Bonchev–Trinajstić information content (AvgIpc) is 3.05. The van der Waals surface area contributed by atoms with Gasteiger partial charge in [-0.05, 0) is 20.0 Å². The predicted molar refractivity (Wildman–Crippen MR) is 172 cm³/mol. The van der Waals surface area contributed by atoms with E-state index in [0.717, 1.165) is 26.2 Å². The van der Waals surface area contributed by atoms with Crippen LogP contribution in [0.2, 0.25) is 0 Å². The maximum atomic E-state index is 13.9. The lowest BCUT2D eigenvalue weighted by molar-refractivity contribution is -0.247. The fourth-order valence-electron chi connectivity index (χ4n) is 6.96. The Hall–Kier alpha value is -3.63. The Labute approximate surface area is 282 Å². The topological polar surface area (TPSA) is 199 Å².